The first-order valence-corrected chi connectivity index (χ1v) is 13.5. The lowest BCUT2D eigenvalue weighted by Crippen LogP contribution is -2.42. The van der Waals surface area contributed by atoms with Gasteiger partial charge in [0.15, 0.2) is 0 Å². The third-order valence-corrected chi connectivity index (χ3v) is 8.71. The number of benzene rings is 2. The van der Waals surface area contributed by atoms with Crippen LogP contribution in [0, 0.1) is 5.92 Å². The number of rotatable bonds is 8. The normalized spacial score (nSPS) is 16.6. The second kappa shape index (κ2) is 10.2. The van der Waals surface area contributed by atoms with Gasteiger partial charge in [0.2, 0.25) is 15.9 Å². The third-order valence-electron chi connectivity index (χ3n) is 6.81. The van der Waals surface area contributed by atoms with Gasteiger partial charge in [-0.25, -0.2) is 13.1 Å². The number of nitrogens with one attached hydrogen (secondary N) is 1. The van der Waals surface area contributed by atoms with E-state index in [0.717, 1.165) is 23.9 Å². The van der Waals surface area contributed by atoms with Crippen molar-refractivity contribution < 1.29 is 13.2 Å². The third kappa shape index (κ3) is 5.00. The van der Waals surface area contributed by atoms with Crippen molar-refractivity contribution in [1.29, 1.82) is 0 Å². The minimum absolute atomic E-state index is 0.0142. The molecule has 34 heavy (non-hydrogen) atoms. The number of aryl methyl sites for hydroxylation is 1. The Kier molecular flexibility index (Phi) is 7.33. The molecule has 1 aliphatic heterocycles. The Morgan fingerprint density at radius 1 is 1.09 bits per heavy atom. The summed E-state index contributed by atoms with van der Waals surface area (Å²) >= 11 is 0. The van der Waals surface area contributed by atoms with Crippen LogP contribution in [-0.2, 0) is 27.8 Å². The second-order valence-electron chi connectivity index (χ2n) is 9.01. The highest BCUT2D eigenvalue weighted by atomic mass is 32.2. The van der Waals surface area contributed by atoms with E-state index in [9.17, 15) is 13.2 Å². The lowest BCUT2D eigenvalue weighted by Gasteiger charge is -2.30. The van der Waals surface area contributed by atoms with Crippen molar-refractivity contribution in [2.24, 2.45) is 5.92 Å². The number of hydrogen-bond donors (Lipinski definition) is 1. The van der Waals surface area contributed by atoms with Crippen molar-refractivity contribution in [3.8, 4) is 0 Å². The zero-order chi connectivity index (χ0) is 24.3. The fraction of sp³-hybridized carbons (Fsp3) is 0.480. The van der Waals surface area contributed by atoms with E-state index < -0.39 is 10.0 Å². The van der Waals surface area contributed by atoms with Crippen LogP contribution < -0.4 is 5.32 Å². The van der Waals surface area contributed by atoms with Gasteiger partial charge < -0.3 is 5.32 Å². The van der Waals surface area contributed by atoms with E-state index in [1.807, 2.05) is 16.8 Å². The SMILES string of the molecule is CCc1ccc(CNC(=O)C2CCN(S(=O)(=O)c3ccc4c(c3)nnn4C(C)CC)CC2)cc1. The Morgan fingerprint density at radius 2 is 1.76 bits per heavy atom. The van der Waals surface area contributed by atoms with Gasteiger partial charge in [-0.3, -0.25) is 4.79 Å². The summed E-state index contributed by atoms with van der Waals surface area (Å²) in [4.78, 5) is 12.9. The molecule has 9 heteroatoms. The van der Waals surface area contributed by atoms with E-state index in [2.05, 4.69) is 48.5 Å². The summed E-state index contributed by atoms with van der Waals surface area (Å²) in [6, 6.07) is 13.4. The van der Waals surface area contributed by atoms with E-state index >= 15 is 0 Å². The highest BCUT2D eigenvalue weighted by molar-refractivity contribution is 7.89. The van der Waals surface area contributed by atoms with Crippen LogP contribution in [0.15, 0.2) is 47.4 Å². The molecule has 0 spiro atoms. The number of piperidine rings is 1. The first kappa shape index (κ1) is 24.3. The molecular weight excluding hydrogens is 450 g/mol. The van der Waals surface area contributed by atoms with Crippen molar-refractivity contribution in [2.45, 2.75) is 63.9 Å². The average Bonchev–Trinajstić information content (AvgIpc) is 3.30. The molecule has 4 rings (SSSR count). The fourth-order valence-electron chi connectivity index (χ4n) is 4.31. The van der Waals surface area contributed by atoms with Crippen LogP contribution in [0.25, 0.3) is 11.0 Å². The van der Waals surface area contributed by atoms with Crippen LogP contribution >= 0.6 is 0 Å². The number of aromatic nitrogens is 3. The zero-order valence-corrected chi connectivity index (χ0v) is 20.9. The number of amides is 1. The topological polar surface area (TPSA) is 97.2 Å². The molecule has 1 aliphatic rings. The van der Waals surface area contributed by atoms with Gasteiger partial charge in [-0.2, -0.15) is 4.31 Å². The molecule has 1 aromatic heterocycles. The zero-order valence-electron chi connectivity index (χ0n) is 20.1. The molecule has 2 heterocycles. The summed E-state index contributed by atoms with van der Waals surface area (Å²) in [7, 11) is -3.66. The Balaban J connectivity index is 1.36. The van der Waals surface area contributed by atoms with E-state index in [4.69, 9.17) is 0 Å². The first-order valence-electron chi connectivity index (χ1n) is 12.0. The predicted molar refractivity (Wildman–Crippen MR) is 132 cm³/mol. The number of nitrogens with zero attached hydrogens (tertiary/aromatic N) is 4. The van der Waals surface area contributed by atoms with Crippen molar-refractivity contribution in [1.82, 2.24) is 24.6 Å². The smallest absolute Gasteiger partial charge is 0.243 e. The van der Waals surface area contributed by atoms with E-state index in [0.29, 0.717) is 38.0 Å². The average molecular weight is 484 g/mol. The Bertz CT molecular complexity index is 1250. The summed E-state index contributed by atoms with van der Waals surface area (Å²) in [5, 5.41) is 11.4. The summed E-state index contributed by atoms with van der Waals surface area (Å²) in [6.07, 6.45) is 2.91. The van der Waals surface area contributed by atoms with Gasteiger partial charge in [-0.05, 0) is 61.9 Å². The summed E-state index contributed by atoms with van der Waals surface area (Å²) in [5.41, 5.74) is 3.73. The van der Waals surface area contributed by atoms with Gasteiger partial charge >= 0.3 is 0 Å². The molecule has 0 saturated carbocycles. The molecule has 1 saturated heterocycles. The molecule has 1 unspecified atom stereocenters. The van der Waals surface area contributed by atoms with Gasteiger partial charge in [-0.1, -0.05) is 43.3 Å². The van der Waals surface area contributed by atoms with E-state index in [-0.39, 0.29) is 22.8 Å². The Hall–Kier alpha value is -2.78. The largest absolute Gasteiger partial charge is 0.352 e. The second-order valence-corrected chi connectivity index (χ2v) is 10.9. The van der Waals surface area contributed by atoms with Gasteiger partial charge in [0.05, 0.1) is 16.5 Å². The van der Waals surface area contributed by atoms with Gasteiger partial charge in [0, 0.05) is 25.6 Å². The van der Waals surface area contributed by atoms with Crippen LogP contribution in [0.3, 0.4) is 0 Å². The highest BCUT2D eigenvalue weighted by Crippen LogP contribution is 2.27. The molecule has 1 fully saturated rings. The molecule has 8 nitrogen and oxygen atoms in total. The Morgan fingerprint density at radius 3 is 2.41 bits per heavy atom. The summed E-state index contributed by atoms with van der Waals surface area (Å²) in [6.45, 7) is 7.37. The van der Waals surface area contributed by atoms with Crippen LogP contribution in [-0.4, -0.2) is 46.7 Å². The maximum atomic E-state index is 13.2. The standard InChI is InChI=1S/C25H33N5O3S/c1-4-18(3)30-24-11-10-22(16-23(24)27-28-30)34(32,33)29-14-12-21(13-15-29)25(31)26-17-20-8-6-19(5-2)7-9-20/h6-11,16,18,21H,4-5,12-15,17H2,1-3H3,(H,26,31). The monoisotopic (exact) mass is 483 g/mol. The minimum Gasteiger partial charge on any atom is -0.352 e. The van der Waals surface area contributed by atoms with Crippen LogP contribution in [0.2, 0.25) is 0 Å². The van der Waals surface area contributed by atoms with Crippen molar-refractivity contribution >= 4 is 27.0 Å². The maximum Gasteiger partial charge on any atom is 0.243 e. The molecule has 0 aliphatic carbocycles. The molecule has 182 valence electrons. The van der Waals surface area contributed by atoms with Crippen LogP contribution in [0.4, 0.5) is 0 Å². The maximum absolute atomic E-state index is 13.2. The van der Waals surface area contributed by atoms with Crippen LogP contribution in [0.5, 0.6) is 0 Å². The van der Waals surface area contributed by atoms with Gasteiger partial charge in [0.25, 0.3) is 0 Å². The quantitative estimate of drug-likeness (QED) is 0.527. The molecule has 2 aromatic carbocycles. The van der Waals surface area contributed by atoms with Crippen molar-refractivity contribution in [3.05, 3.63) is 53.6 Å². The molecule has 1 amide bonds. The fourth-order valence-corrected chi connectivity index (χ4v) is 5.80. The number of carbonyl (C=O) groups excluding carboxylic acids is 1. The molecule has 3 aromatic rings. The molecular formula is C25H33N5O3S. The summed E-state index contributed by atoms with van der Waals surface area (Å²) in [5.74, 6) is -0.195. The number of carbonyl (C=O) groups is 1. The van der Waals surface area contributed by atoms with Crippen LogP contribution in [0.1, 0.15) is 57.2 Å². The number of fused-ring (bicyclic) bond motifs is 1. The molecule has 0 bridgehead atoms. The van der Waals surface area contributed by atoms with Crippen molar-refractivity contribution in [3.63, 3.8) is 0 Å². The van der Waals surface area contributed by atoms with E-state index in [1.54, 1.807) is 18.2 Å². The molecule has 1 N–H and O–H groups in total. The molecule has 1 atom stereocenters. The number of hydrogen-bond acceptors (Lipinski definition) is 5. The number of sulfonamides is 1. The van der Waals surface area contributed by atoms with Crippen molar-refractivity contribution in [2.75, 3.05) is 13.1 Å². The lowest BCUT2D eigenvalue weighted by molar-refractivity contribution is -0.126. The van der Waals surface area contributed by atoms with E-state index in [1.165, 1.54) is 9.87 Å². The van der Waals surface area contributed by atoms with Gasteiger partial charge in [-0.15, -0.1) is 5.10 Å². The molecule has 0 radical (unpaired) electrons. The first-order chi connectivity index (χ1) is 16.3. The minimum atomic E-state index is -3.66. The Labute approximate surface area is 201 Å². The predicted octanol–water partition coefficient (Wildman–Crippen LogP) is 3.68. The lowest BCUT2D eigenvalue weighted by atomic mass is 9.97. The summed E-state index contributed by atoms with van der Waals surface area (Å²) < 4.78 is 29.8. The highest BCUT2D eigenvalue weighted by Gasteiger charge is 2.32. The van der Waals surface area contributed by atoms with Gasteiger partial charge in [0.1, 0.15) is 5.52 Å².